The quantitative estimate of drug-likeness (QED) is 0.595. The summed E-state index contributed by atoms with van der Waals surface area (Å²) in [6.45, 7) is 1.19. The fraction of sp³-hybridized carbons (Fsp3) is 0.273. The average Bonchev–Trinajstić information content (AvgIpc) is 3.34. The summed E-state index contributed by atoms with van der Waals surface area (Å²) in [6.07, 6.45) is 3.10. The van der Waals surface area contributed by atoms with Gasteiger partial charge < -0.3 is 15.5 Å². The fourth-order valence-electron chi connectivity index (χ4n) is 3.44. The molecule has 9 nitrogen and oxygen atoms in total. The number of anilines is 1. The van der Waals surface area contributed by atoms with E-state index in [1.54, 1.807) is 23.2 Å². The van der Waals surface area contributed by atoms with Gasteiger partial charge in [0.15, 0.2) is 0 Å². The number of nitrogens with one attached hydrogen (secondary N) is 2. The lowest BCUT2D eigenvalue weighted by molar-refractivity contribution is -0.126. The van der Waals surface area contributed by atoms with Gasteiger partial charge in [0.25, 0.3) is 11.8 Å². The molecule has 1 saturated heterocycles. The number of hydrogen-bond acceptors (Lipinski definition) is 7. The SMILES string of the molecule is O=C(Nc1ccccc1)c1nnc(C(=O)N2CCCC(C(=O)NCc3ccccn3)C2)s1. The topological polar surface area (TPSA) is 117 Å². The first kappa shape index (κ1) is 21.6. The van der Waals surface area contributed by atoms with Crippen molar-refractivity contribution in [2.75, 3.05) is 18.4 Å². The lowest BCUT2D eigenvalue weighted by Gasteiger charge is -2.31. The van der Waals surface area contributed by atoms with E-state index in [4.69, 9.17) is 0 Å². The van der Waals surface area contributed by atoms with Crippen molar-refractivity contribution in [3.63, 3.8) is 0 Å². The Morgan fingerprint density at radius 1 is 1.03 bits per heavy atom. The van der Waals surface area contributed by atoms with Gasteiger partial charge in [-0.3, -0.25) is 19.4 Å². The number of rotatable bonds is 6. The van der Waals surface area contributed by atoms with E-state index in [2.05, 4.69) is 25.8 Å². The first-order valence-electron chi connectivity index (χ1n) is 10.3. The van der Waals surface area contributed by atoms with E-state index in [-0.39, 0.29) is 27.7 Å². The van der Waals surface area contributed by atoms with Crippen LogP contribution in [0.15, 0.2) is 54.7 Å². The van der Waals surface area contributed by atoms with Crippen LogP contribution in [-0.4, -0.2) is 50.9 Å². The van der Waals surface area contributed by atoms with Crippen LogP contribution in [-0.2, 0) is 11.3 Å². The molecule has 1 aliphatic rings. The summed E-state index contributed by atoms with van der Waals surface area (Å²) in [4.78, 5) is 43.7. The molecule has 0 spiro atoms. The number of carbonyl (C=O) groups is 3. The third-order valence-electron chi connectivity index (χ3n) is 5.08. The van der Waals surface area contributed by atoms with Gasteiger partial charge in [-0.25, -0.2) is 0 Å². The summed E-state index contributed by atoms with van der Waals surface area (Å²) in [5.41, 5.74) is 1.41. The maximum atomic E-state index is 12.9. The maximum Gasteiger partial charge on any atom is 0.286 e. The minimum Gasteiger partial charge on any atom is -0.350 e. The summed E-state index contributed by atoms with van der Waals surface area (Å²) in [6, 6.07) is 14.5. The summed E-state index contributed by atoms with van der Waals surface area (Å²) < 4.78 is 0. The number of aromatic nitrogens is 3. The van der Waals surface area contributed by atoms with Crippen LogP contribution >= 0.6 is 11.3 Å². The molecule has 0 bridgehead atoms. The van der Waals surface area contributed by atoms with Crippen molar-refractivity contribution in [1.29, 1.82) is 0 Å². The predicted octanol–water partition coefficient (Wildman–Crippen LogP) is 2.35. The molecule has 1 aliphatic heterocycles. The molecule has 32 heavy (non-hydrogen) atoms. The van der Waals surface area contributed by atoms with Crippen LogP contribution in [0.3, 0.4) is 0 Å². The minimum atomic E-state index is -0.418. The molecule has 2 aromatic heterocycles. The van der Waals surface area contributed by atoms with Gasteiger partial charge in [0, 0.05) is 25.0 Å². The molecule has 3 heterocycles. The molecule has 10 heteroatoms. The molecule has 3 aromatic rings. The average molecular weight is 451 g/mol. The van der Waals surface area contributed by atoms with Crippen LogP contribution in [0, 0.1) is 5.92 Å². The van der Waals surface area contributed by atoms with Gasteiger partial charge in [-0.15, -0.1) is 10.2 Å². The first-order valence-corrected chi connectivity index (χ1v) is 11.1. The molecule has 0 radical (unpaired) electrons. The van der Waals surface area contributed by atoms with Crippen molar-refractivity contribution >= 4 is 34.7 Å². The van der Waals surface area contributed by atoms with Crippen molar-refractivity contribution in [2.45, 2.75) is 19.4 Å². The number of benzene rings is 1. The van der Waals surface area contributed by atoms with Crippen LogP contribution in [0.25, 0.3) is 0 Å². The normalized spacial score (nSPS) is 15.8. The van der Waals surface area contributed by atoms with Crippen LogP contribution in [0.4, 0.5) is 5.69 Å². The third-order valence-corrected chi connectivity index (χ3v) is 5.99. The number of hydrogen-bond donors (Lipinski definition) is 2. The van der Waals surface area contributed by atoms with Crippen LogP contribution in [0.2, 0.25) is 0 Å². The monoisotopic (exact) mass is 450 g/mol. The Kier molecular flexibility index (Phi) is 6.81. The highest BCUT2D eigenvalue weighted by Crippen LogP contribution is 2.21. The number of para-hydroxylation sites is 1. The fourth-order valence-corrected chi connectivity index (χ4v) is 4.15. The zero-order chi connectivity index (χ0) is 22.3. The highest BCUT2D eigenvalue weighted by molar-refractivity contribution is 7.15. The van der Waals surface area contributed by atoms with E-state index < -0.39 is 5.91 Å². The molecule has 3 amide bonds. The predicted molar refractivity (Wildman–Crippen MR) is 119 cm³/mol. The largest absolute Gasteiger partial charge is 0.350 e. The Hall–Kier alpha value is -3.66. The van der Waals surface area contributed by atoms with E-state index >= 15 is 0 Å². The van der Waals surface area contributed by atoms with Crippen LogP contribution in [0.5, 0.6) is 0 Å². The molecule has 1 fully saturated rings. The first-order chi connectivity index (χ1) is 15.6. The Bertz CT molecular complexity index is 1090. The lowest BCUT2D eigenvalue weighted by Crippen LogP contribution is -2.45. The molecule has 4 rings (SSSR count). The second-order valence-electron chi connectivity index (χ2n) is 7.36. The van der Waals surface area contributed by atoms with Gasteiger partial charge in [0.1, 0.15) is 0 Å². The number of carbonyl (C=O) groups excluding carboxylic acids is 3. The van der Waals surface area contributed by atoms with Gasteiger partial charge in [0.2, 0.25) is 15.9 Å². The molecular weight excluding hydrogens is 428 g/mol. The molecule has 164 valence electrons. The number of piperidine rings is 1. The summed E-state index contributed by atoms with van der Waals surface area (Å²) in [5.74, 6) is -1.14. The minimum absolute atomic E-state index is 0.103. The Morgan fingerprint density at radius 2 is 1.81 bits per heavy atom. The zero-order valence-corrected chi connectivity index (χ0v) is 18.0. The Balaban J connectivity index is 1.34. The number of nitrogens with zero attached hydrogens (tertiary/aromatic N) is 4. The molecular formula is C22H22N6O3S. The number of likely N-dealkylation sites (tertiary alicyclic amines) is 1. The molecule has 1 atom stereocenters. The van der Waals surface area contributed by atoms with Crippen LogP contribution < -0.4 is 10.6 Å². The van der Waals surface area contributed by atoms with Crippen LogP contribution in [0.1, 0.15) is 38.1 Å². The highest BCUT2D eigenvalue weighted by Gasteiger charge is 2.30. The van der Waals surface area contributed by atoms with Crippen molar-refractivity contribution in [2.24, 2.45) is 5.92 Å². The lowest BCUT2D eigenvalue weighted by atomic mass is 9.97. The smallest absolute Gasteiger partial charge is 0.286 e. The van der Waals surface area contributed by atoms with E-state index in [1.165, 1.54) is 0 Å². The number of pyridine rings is 1. The molecule has 1 unspecified atom stereocenters. The maximum absolute atomic E-state index is 12.9. The van der Waals surface area contributed by atoms with Crippen molar-refractivity contribution < 1.29 is 14.4 Å². The van der Waals surface area contributed by atoms with Crippen molar-refractivity contribution in [1.82, 2.24) is 25.4 Å². The van der Waals surface area contributed by atoms with E-state index in [0.29, 0.717) is 38.2 Å². The zero-order valence-electron chi connectivity index (χ0n) is 17.2. The van der Waals surface area contributed by atoms with E-state index in [1.807, 2.05) is 36.4 Å². The molecule has 0 saturated carbocycles. The summed E-state index contributed by atoms with van der Waals surface area (Å²) in [5, 5.41) is 13.6. The summed E-state index contributed by atoms with van der Waals surface area (Å²) in [7, 11) is 0. The summed E-state index contributed by atoms with van der Waals surface area (Å²) >= 11 is 0.945. The van der Waals surface area contributed by atoms with Gasteiger partial charge in [-0.2, -0.15) is 0 Å². The van der Waals surface area contributed by atoms with Gasteiger partial charge in [0.05, 0.1) is 18.2 Å². The highest BCUT2D eigenvalue weighted by atomic mass is 32.1. The van der Waals surface area contributed by atoms with Gasteiger partial charge >= 0.3 is 0 Å². The van der Waals surface area contributed by atoms with Gasteiger partial charge in [-0.1, -0.05) is 35.6 Å². The van der Waals surface area contributed by atoms with E-state index in [0.717, 1.165) is 17.0 Å². The molecule has 0 aliphatic carbocycles. The second kappa shape index (κ2) is 10.1. The second-order valence-corrected chi connectivity index (χ2v) is 8.34. The Morgan fingerprint density at radius 3 is 2.59 bits per heavy atom. The standard InChI is InChI=1S/C22H22N6O3S/c29-18(24-13-17-10-4-5-11-23-17)15-7-6-12-28(14-15)22(31)21-27-26-20(32-21)19(30)25-16-8-2-1-3-9-16/h1-5,8-11,15H,6-7,12-14H2,(H,24,29)(H,25,30). The Labute approximate surface area is 188 Å². The van der Waals surface area contributed by atoms with Gasteiger partial charge in [-0.05, 0) is 37.1 Å². The van der Waals surface area contributed by atoms with E-state index in [9.17, 15) is 14.4 Å². The molecule has 2 N–H and O–H groups in total. The van der Waals surface area contributed by atoms with Crippen molar-refractivity contribution in [3.05, 3.63) is 70.4 Å². The van der Waals surface area contributed by atoms with Crippen molar-refractivity contribution in [3.8, 4) is 0 Å². The third kappa shape index (κ3) is 5.33. The number of amides is 3. The molecule has 1 aromatic carbocycles.